The van der Waals surface area contributed by atoms with Crippen LogP contribution < -0.4 is 15.8 Å². The number of nitrogens with one attached hydrogen (secondary N) is 1. The van der Waals surface area contributed by atoms with Crippen molar-refractivity contribution in [3.63, 3.8) is 0 Å². The second-order valence-electron chi connectivity index (χ2n) is 5.73. The number of aryl methyl sites for hydroxylation is 2. The van der Waals surface area contributed by atoms with Crippen molar-refractivity contribution in [2.75, 3.05) is 11.9 Å². The number of halogens is 4. The van der Waals surface area contributed by atoms with E-state index in [2.05, 4.69) is 5.32 Å². The van der Waals surface area contributed by atoms with Crippen molar-refractivity contribution in [1.82, 2.24) is 0 Å². The number of hydrogen-bond donors (Lipinski definition) is 2. The van der Waals surface area contributed by atoms with E-state index in [1.807, 2.05) is 26.0 Å². The summed E-state index contributed by atoms with van der Waals surface area (Å²) in [5.41, 5.74) is 6.71. The molecule has 0 saturated carbocycles. The summed E-state index contributed by atoms with van der Waals surface area (Å²) < 4.78 is 44.1. The number of hydrogen-bond acceptors (Lipinski definition) is 3. The Morgan fingerprint density at radius 2 is 1.85 bits per heavy atom. The van der Waals surface area contributed by atoms with Gasteiger partial charge in [0.2, 0.25) is 0 Å². The van der Waals surface area contributed by atoms with Gasteiger partial charge >= 0.3 is 6.18 Å². The van der Waals surface area contributed by atoms with Crippen molar-refractivity contribution in [2.24, 2.45) is 5.73 Å². The fourth-order valence-electron chi connectivity index (χ4n) is 2.25. The maximum atomic E-state index is 12.9. The van der Waals surface area contributed by atoms with Gasteiger partial charge in [0.1, 0.15) is 5.75 Å². The molecule has 1 amide bonds. The monoisotopic (exact) mass is 388 g/mol. The van der Waals surface area contributed by atoms with Gasteiger partial charge in [-0.15, -0.1) is 12.4 Å². The van der Waals surface area contributed by atoms with Crippen LogP contribution in [0.4, 0.5) is 18.9 Å². The molecule has 0 fully saturated rings. The number of alkyl halides is 3. The largest absolute Gasteiger partial charge is 0.483 e. The molecule has 0 bridgehead atoms. The lowest BCUT2D eigenvalue weighted by molar-refractivity contribution is -0.137. The molecule has 0 aliphatic carbocycles. The van der Waals surface area contributed by atoms with E-state index in [9.17, 15) is 18.0 Å². The third-order valence-electron chi connectivity index (χ3n) is 3.54. The molecule has 142 valence electrons. The number of nitrogens with two attached hydrogens (primary N) is 1. The molecule has 0 heterocycles. The average molecular weight is 389 g/mol. The van der Waals surface area contributed by atoms with Crippen LogP contribution in [0, 0.1) is 13.8 Å². The molecule has 0 radical (unpaired) electrons. The quantitative estimate of drug-likeness (QED) is 0.806. The first-order valence-electron chi connectivity index (χ1n) is 7.60. The summed E-state index contributed by atoms with van der Waals surface area (Å²) >= 11 is 0. The Kier molecular flexibility index (Phi) is 7.47. The lowest BCUT2D eigenvalue weighted by Crippen LogP contribution is -2.21. The van der Waals surface area contributed by atoms with Crippen molar-refractivity contribution >= 4 is 24.0 Å². The van der Waals surface area contributed by atoms with Crippen LogP contribution in [-0.4, -0.2) is 12.5 Å². The summed E-state index contributed by atoms with van der Waals surface area (Å²) in [5, 5.41) is 2.41. The molecule has 0 aliphatic rings. The number of benzene rings is 2. The fraction of sp³-hybridized carbons (Fsp3) is 0.278. The standard InChI is InChI=1S/C18H19F3N2O2.ClH/c1-11-3-4-12(2)16(5-11)25-10-17(24)23-15-7-13(9-22)6-14(8-15)18(19,20)21;/h3-8H,9-10,22H2,1-2H3,(H,23,24);1H. The molecule has 0 saturated heterocycles. The molecule has 0 spiro atoms. The van der Waals surface area contributed by atoms with E-state index in [0.29, 0.717) is 5.75 Å². The molecule has 4 nitrogen and oxygen atoms in total. The third kappa shape index (κ3) is 5.93. The minimum absolute atomic E-state index is 0. The van der Waals surface area contributed by atoms with E-state index in [0.717, 1.165) is 23.3 Å². The van der Waals surface area contributed by atoms with E-state index in [4.69, 9.17) is 10.5 Å². The third-order valence-corrected chi connectivity index (χ3v) is 3.54. The number of rotatable bonds is 5. The Balaban J connectivity index is 0.00000338. The molecule has 0 atom stereocenters. The summed E-state index contributed by atoms with van der Waals surface area (Å²) in [6, 6.07) is 8.81. The van der Waals surface area contributed by atoms with Crippen LogP contribution in [0.2, 0.25) is 0 Å². The predicted molar refractivity (Wildman–Crippen MR) is 96.6 cm³/mol. The normalized spacial score (nSPS) is 10.8. The molecule has 0 aliphatic heterocycles. The highest BCUT2D eigenvalue weighted by Gasteiger charge is 2.31. The minimum Gasteiger partial charge on any atom is -0.483 e. The van der Waals surface area contributed by atoms with E-state index in [-0.39, 0.29) is 36.8 Å². The van der Waals surface area contributed by atoms with E-state index < -0.39 is 17.6 Å². The first-order valence-corrected chi connectivity index (χ1v) is 7.60. The minimum atomic E-state index is -4.51. The van der Waals surface area contributed by atoms with Gasteiger partial charge in [0.05, 0.1) is 5.56 Å². The van der Waals surface area contributed by atoms with E-state index >= 15 is 0 Å². The second-order valence-corrected chi connectivity index (χ2v) is 5.73. The van der Waals surface area contributed by atoms with Crippen molar-refractivity contribution in [3.05, 3.63) is 58.7 Å². The van der Waals surface area contributed by atoms with Crippen LogP contribution in [-0.2, 0) is 17.5 Å². The van der Waals surface area contributed by atoms with E-state index in [1.165, 1.54) is 6.07 Å². The first kappa shape index (κ1) is 21.8. The maximum absolute atomic E-state index is 12.9. The zero-order valence-electron chi connectivity index (χ0n) is 14.3. The molecular weight excluding hydrogens is 369 g/mol. The van der Waals surface area contributed by atoms with Gasteiger partial charge in [-0.1, -0.05) is 12.1 Å². The Bertz CT molecular complexity index is 780. The van der Waals surface area contributed by atoms with Crippen LogP contribution >= 0.6 is 12.4 Å². The van der Waals surface area contributed by atoms with Gasteiger partial charge in [0.15, 0.2) is 6.61 Å². The highest BCUT2D eigenvalue weighted by molar-refractivity contribution is 5.92. The fourth-order valence-corrected chi connectivity index (χ4v) is 2.25. The van der Waals surface area contributed by atoms with Crippen LogP contribution in [0.1, 0.15) is 22.3 Å². The van der Waals surface area contributed by atoms with Crippen LogP contribution in [0.5, 0.6) is 5.75 Å². The molecule has 2 aromatic carbocycles. The Hall–Kier alpha value is -2.25. The topological polar surface area (TPSA) is 64.3 Å². The highest BCUT2D eigenvalue weighted by atomic mass is 35.5. The highest BCUT2D eigenvalue weighted by Crippen LogP contribution is 2.32. The number of amides is 1. The van der Waals surface area contributed by atoms with Gasteiger partial charge in [-0.3, -0.25) is 4.79 Å². The number of carbonyl (C=O) groups excluding carboxylic acids is 1. The molecular formula is C18H20ClF3N2O2. The van der Waals surface area contributed by atoms with E-state index in [1.54, 1.807) is 6.07 Å². The Labute approximate surface area is 155 Å². The summed E-state index contributed by atoms with van der Waals surface area (Å²) in [4.78, 5) is 12.0. The van der Waals surface area contributed by atoms with Crippen LogP contribution in [0.3, 0.4) is 0 Å². The summed E-state index contributed by atoms with van der Waals surface area (Å²) in [5.74, 6) is 0.00467. The number of carbonyl (C=O) groups is 1. The van der Waals surface area contributed by atoms with Gasteiger partial charge in [0.25, 0.3) is 5.91 Å². The molecule has 3 N–H and O–H groups in total. The Morgan fingerprint density at radius 3 is 2.46 bits per heavy atom. The smallest absolute Gasteiger partial charge is 0.416 e. The van der Waals surface area contributed by atoms with Crippen LogP contribution in [0.15, 0.2) is 36.4 Å². The van der Waals surface area contributed by atoms with Gasteiger partial charge in [0, 0.05) is 12.2 Å². The van der Waals surface area contributed by atoms with Crippen molar-refractivity contribution in [2.45, 2.75) is 26.6 Å². The number of anilines is 1. The van der Waals surface area contributed by atoms with Gasteiger partial charge in [-0.05, 0) is 54.8 Å². The average Bonchev–Trinajstić information content (AvgIpc) is 2.54. The first-order chi connectivity index (χ1) is 11.7. The van der Waals surface area contributed by atoms with Crippen LogP contribution in [0.25, 0.3) is 0 Å². The zero-order valence-corrected chi connectivity index (χ0v) is 15.1. The van der Waals surface area contributed by atoms with Gasteiger partial charge in [-0.25, -0.2) is 0 Å². The molecule has 2 aromatic rings. The Morgan fingerprint density at radius 1 is 1.15 bits per heavy atom. The lowest BCUT2D eigenvalue weighted by atomic mass is 10.1. The maximum Gasteiger partial charge on any atom is 0.416 e. The summed E-state index contributed by atoms with van der Waals surface area (Å²) in [7, 11) is 0. The van der Waals surface area contributed by atoms with Crippen molar-refractivity contribution in [1.29, 1.82) is 0 Å². The SMILES string of the molecule is Cc1ccc(C)c(OCC(=O)Nc2cc(CN)cc(C(F)(F)F)c2)c1.Cl. The number of ether oxygens (including phenoxy) is 1. The predicted octanol–water partition coefficient (Wildman–Crippen LogP) is 4.22. The lowest BCUT2D eigenvalue weighted by Gasteiger charge is -2.13. The molecule has 0 aromatic heterocycles. The summed E-state index contributed by atoms with van der Waals surface area (Å²) in [6.07, 6.45) is -4.51. The zero-order chi connectivity index (χ0) is 18.6. The molecule has 8 heteroatoms. The summed E-state index contributed by atoms with van der Waals surface area (Å²) in [6.45, 7) is 3.36. The molecule has 0 unspecified atom stereocenters. The molecule has 2 rings (SSSR count). The van der Waals surface area contributed by atoms with Gasteiger partial charge in [-0.2, -0.15) is 13.2 Å². The van der Waals surface area contributed by atoms with Gasteiger partial charge < -0.3 is 15.8 Å². The molecule has 26 heavy (non-hydrogen) atoms. The van der Waals surface area contributed by atoms with Crippen molar-refractivity contribution < 1.29 is 22.7 Å². The second kappa shape index (κ2) is 8.91. The van der Waals surface area contributed by atoms with Crippen molar-refractivity contribution in [3.8, 4) is 5.75 Å².